The largest absolute Gasteiger partial charge is 0.494 e. The normalized spacial score (nSPS) is 25.7. The molecule has 0 radical (unpaired) electrons. The molecule has 0 bridgehead atoms. The van der Waals surface area contributed by atoms with Gasteiger partial charge < -0.3 is 25.6 Å². The van der Waals surface area contributed by atoms with Gasteiger partial charge in [-0.25, -0.2) is 0 Å². The van der Waals surface area contributed by atoms with Crippen molar-refractivity contribution >= 4 is 17.7 Å². The molecule has 2 saturated carbocycles. The van der Waals surface area contributed by atoms with E-state index < -0.39 is 6.04 Å². The Hall–Kier alpha value is -3.39. The molecule has 8 heteroatoms. The number of rotatable bonds is 10. The second-order valence-electron chi connectivity index (χ2n) is 11.9. The SMILES string of the molecule is C[C@@]12C[C@@H]1N(C(=O)CNC(=O)CCCOc1ccccc1)[C@H](C(=O)NC1(c3ccc4c(c3)CNCC4)CC1)C2. The first-order valence-electron chi connectivity index (χ1n) is 14.3. The molecule has 0 spiro atoms. The number of para-hydroxylation sites is 1. The Labute approximate surface area is 229 Å². The van der Waals surface area contributed by atoms with Gasteiger partial charge in [0.25, 0.3) is 0 Å². The molecule has 2 aliphatic carbocycles. The van der Waals surface area contributed by atoms with E-state index in [4.69, 9.17) is 4.74 Å². The number of carbonyl (C=O) groups excluding carboxylic acids is 3. The number of ether oxygens (including phenoxy) is 1. The van der Waals surface area contributed by atoms with Gasteiger partial charge in [0.1, 0.15) is 11.8 Å². The van der Waals surface area contributed by atoms with Crippen LogP contribution >= 0.6 is 0 Å². The maximum atomic E-state index is 13.6. The van der Waals surface area contributed by atoms with E-state index in [2.05, 4.69) is 41.1 Å². The van der Waals surface area contributed by atoms with Crippen LogP contribution in [0.25, 0.3) is 0 Å². The van der Waals surface area contributed by atoms with Crippen molar-refractivity contribution in [2.45, 2.75) is 76.0 Å². The Bertz CT molecular complexity index is 1260. The summed E-state index contributed by atoms with van der Waals surface area (Å²) in [6.45, 7) is 4.37. The molecule has 0 aromatic heterocycles. The number of piperidine rings is 1. The lowest BCUT2D eigenvalue weighted by Gasteiger charge is -2.29. The zero-order valence-corrected chi connectivity index (χ0v) is 22.6. The van der Waals surface area contributed by atoms with Crippen LogP contribution in [0.15, 0.2) is 48.5 Å². The predicted octanol–water partition coefficient (Wildman–Crippen LogP) is 2.79. The molecule has 2 aliphatic heterocycles. The van der Waals surface area contributed by atoms with Crippen molar-refractivity contribution in [1.82, 2.24) is 20.9 Å². The number of carbonyl (C=O) groups is 3. The van der Waals surface area contributed by atoms with Crippen molar-refractivity contribution in [2.24, 2.45) is 5.41 Å². The molecule has 3 fully saturated rings. The molecule has 3 amide bonds. The van der Waals surface area contributed by atoms with Gasteiger partial charge in [-0.3, -0.25) is 14.4 Å². The standard InChI is InChI=1S/C31H38N4O4/c1-30-17-25(29(38)34-31(12-13-31)23-10-9-21-11-14-32-19-22(21)16-23)35(26(30)18-30)28(37)20-33-27(36)8-5-15-39-24-6-3-2-4-7-24/h2-4,6-7,9-10,16,25-26,32H,5,8,11-15,17-20H2,1H3,(H,33,36)(H,34,38)/t25-,26-,30+/m0/s1. The maximum absolute atomic E-state index is 13.6. The van der Waals surface area contributed by atoms with Crippen LogP contribution in [0.3, 0.4) is 0 Å². The molecule has 1 saturated heterocycles. The lowest BCUT2D eigenvalue weighted by molar-refractivity contribution is -0.140. The van der Waals surface area contributed by atoms with Crippen LogP contribution in [-0.4, -0.2) is 54.4 Å². The van der Waals surface area contributed by atoms with Crippen LogP contribution in [0.4, 0.5) is 0 Å². The van der Waals surface area contributed by atoms with Crippen LogP contribution in [0.1, 0.15) is 62.1 Å². The summed E-state index contributed by atoms with van der Waals surface area (Å²) < 4.78 is 5.64. The smallest absolute Gasteiger partial charge is 0.243 e. The molecule has 2 heterocycles. The summed E-state index contributed by atoms with van der Waals surface area (Å²) in [5.41, 5.74) is 3.51. The zero-order valence-electron chi connectivity index (χ0n) is 22.6. The average Bonchev–Trinajstić information content (AvgIpc) is 3.85. The Morgan fingerprint density at radius 1 is 1.08 bits per heavy atom. The minimum Gasteiger partial charge on any atom is -0.494 e. The number of hydrogen-bond acceptors (Lipinski definition) is 5. The highest BCUT2D eigenvalue weighted by atomic mass is 16.5. The van der Waals surface area contributed by atoms with E-state index in [0.29, 0.717) is 19.4 Å². The third kappa shape index (κ3) is 5.39. The Kier molecular flexibility index (Phi) is 6.83. The molecule has 2 aromatic rings. The summed E-state index contributed by atoms with van der Waals surface area (Å²) >= 11 is 0. The molecular weight excluding hydrogens is 492 g/mol. The van der Waals surface area contributed by atoms with Crippen molar-refractivity contribution in [3.8, 4) is 5.75 Å². The van der Waals surface area contributed by atoms with Crippen LogP contribution in [-0.2, 0) is 32.9 Å². The summed E-state index contributed by atoms with van der Waals surface area (Å²) in [7, 11) is 0. The first kappa shape index (κ1) is 25.9. The summed E-state index contributed by atoms with van der Waals surface area (Å²) in [4.78, 5) is 41.0. The highest BCUT2D eigenvalue weighted by Gasteiger charge is 2.64. The number of benzene rings is 2. The van der Waals surface area contributed by atoms with Gasteiger partial charge in [-0.15, -0.1) is 0 Å². The third-order valence-electron chi connectivity index (χ3n) is 8.98. The van der Waals surface area contributed by atoms with Crippen LogP contribution in [0.5, 0.6) is 5.75 Å². The van der Waals surface area contributed by atoms with Gasteiger partial charge in [0.2, 0.25) is 17.7 Å². The van der Waals surface area contributed by atoms with E-state index in [1.807, 2.05) is 30.3 Å². The fourth-order valence-electron chi connectivity index (χ4n) is 6.36. The van der Waals surface area contributed by atoms with Crippen molar-refractivity contribution < 1.29 is 19.1 Å². The monoisotopic (exact) mass is 530 g/mol. The zero-order chi connectivity index (χ0) is 27.0. The van der Waals surface area contributed by atoms with E-state index in [0.717, 1.165) is 50.1 Å². The minimum absolute atomic E-state index is 0.00927. The number of fused-ring (bicyclic) bond motifs is 2. The van der Waals surface area contributed by atoms with Crippen LogP contribution in [0, 0.1) is 5.41 Å². The minimum atomic E-state index is -0.491. The van der Waals surface area contributed by atoms with Crippen molar-refractivity contribution in [2.75, 3.05) is 19.7 Å². The topological polar surface area (TPSA) is 99.8 Å². The molecule has 39 heavy (non-hydrogen) atoms. The highest BCUT2D eigenvalue weighted by molar-refractivity contribution is 5.92. The van der Waals surface area contributed by atoms with Crippen LogP contribution in [0.2, 0.25) is 0 Å². The van der Waals surface area contributed by atoms with Gasteiger partial charge in [-0.05, 0) is 79.3 Å². The number of nitrogens with one attached hydrogen (secondary N) is 3. The Morgan fingerprint density at radius 3 is 2.69 bits per heavy atom. The van der Waals surface area contributed by atoms with Crippen molar-refractivity contribution in [1.29, 1.82) is 0 Å². The van der Waals surface area contributed by atoms with E-state index in [-0.39, 0.29) is 47.7 Å². The summed E-state index contributed by atoms with van der Waals surface area (Å²) in [5, 5.41) is 9.53. The summed E-state index contributed by atoms with van der Waals surface area (Å²) in [6.07, 6.45) is 5.29. The fourth-order valence-corrected chi connectivity index (χ4v) is 6.36. The number of hydrogen-bond donors (Lipinski definition) is 3. The quantitative estimate of drug-likeness (QED) is 0.411. The molecule has 0 unspecified atom stereocenters. The molecule has 3 atom stereocenters. The lowest BCUT2D eigenvalue weighted by atomic mass is 9.94. The molecule has 6 rings (SSSR count). The lowest BCUT2D eigenvalue weighted by Crippen LogP contribution is -2.52. The maximum Gasteiger partial charge on any atom is 0.243 e. The second kappa shape index (κ2) is 10.3. The van der Waals surface area contributed by atoms with Crippen molar-refractivity contribution in [3.05, 3.63) is 65.2 Å². The fraction of sp³-hybridized carbons (Fsp3) is 0.516. The van der Waals surface area contributed by atoms with Gasteiger partial charge in [-0.1, -0.05) is 43.3 Å². The van der Waals surface area contributed by atoms with Gasteiger partial charge in [0, 0.05) is 19.0 Å². The predicted molar refractivity (Wildman–Crippen MR) is 147 cm³/mol. The summed E-state index contributed by atoms with van der Waals surface area (Å²) in [6, 6.07) is 15.7. The van der Waals surface area contributed by atoms with Gasteiger partial charge in [0.15, 0.2) is 0 Å². The molecule has 4 aliphatic rings. The Balaban J connectivity index is 1.02. The first-order chi connectivity index (χ1) is 18.9. The van der Waals surface area contributed by atoms with Crippen LogP contribution < -0.4 is 20.7 Å². The van der Waals surface area contributed by atoms with Gasteiger partial charge in [0.05, 0.1) is 18.7 Å². The Morgan fingerprint density at radius 2 is 1.90 bits per heavy atom. The molecule has 2 aromatic carbocycles. The van der Waals surface area contributed by atoms with E-state index in [1.165, 1.54) is 11.1 Å². The van der Waals surface area contributed by atoms with E-state index in [1.54, 1.807) is 4.90 Å². The van der Waals surface area contributed by atoms with E-state index in [9.17, 15) is 14.4 Å². The van der Waals surface area contributed by atoms with Gasteiger partial charge >= 0.3 is 0 Å². The molecule has 3 N–H and O–H groups in total. The van der Waals surface area contributed by atoms with Crippen molar-refractivity contribution in [3.63, 3.8) is 0 Å². The summed E-state index contributed by atoms with van der Waals surface area (Å²) in [5.74, 6) is 0.336. The van der Waals surface area contributed by atoms with E-state index >= 15 is 0 Å². The average molecular weight is 531 g/mol. The number of amides is 3. The van der Waals surface area contributed by atoms with Gasteiger partial charge in [-0.2, -0.15) is 0 Å². The first-order valence-corrected chi connectivity index (χ1v) is 14.3. The number of nitrogens with zero attached hydrogens (tertiary/aromatic N) is 1. The second-order valence-corrected chi connectivity index (χ2v) is 11.9. The molecule has 206 valence electrons. The molecule has 8 nitrogen and oxygen atoms in total. The highest BCUT2D eigenvalue weighted by Crippen LogP contribution is 2.59. The third-order valence-corrected chi connectivity index (χ3v) is 8.98. The number of likely N-dealkylation sites (tertiary alicyclic amines) is 1. The molecular formula is C31H38N4O4.